The largest absolute Gasteiger partial charge is 0.388 e. The predicted octanol–water partition coefficient (Wildman–Crippen LogP) is 1.70. The fourth-order valence-electron chi connectivity index (χ4n) is 1.76. The van der Waals surface area contributed by atoms with Gasteiger partial charge in [0.1, 0.15) is 12.2 Å². The van der Waals surface area contributed by atoms with E-state index in [9.17, 15) is 5.11 Å². The van der Waals surface area contributed by atoms with Gasteiger partial charge in [-0.25, -0.2) is 0 Å². The van der Waals surface area contributed by atoms with Gasteiger partial charge in [0.2, 0.25) is 0 Å². The van der Waals surface area contributed by atoms with Crippen molar-refractivity contribution in [3.63, 3.8) is 0 Å². The van der Waals surface area contributed by atoms with E-state index in [0.717, 1.165) is 11.5 Å². The highest BCUT2D eigenvalue weighted by molar-refractivity contribution is 8.17. The Morgan fingerprint density at radius 2 is 2.00 bits per heavy atom. The molecule has 0 aromatic rings. The minimum Gasteiger partial charge on any atom is -0.388 e. The standard InChI is InChI=1S/C10H18O3S2/c1-10(2)12-6-7(13-10)8(11)9-14-4-3-5-15-9/h7-9,11H,3-6H2,1-2H3/t7-,8+/m1/s1. The number of aliphatic hydroxyl groups is 1. The zero-order valence-corrected chi connectivity index (χ0v) is 10.8. The highest BCUT2D eigenvalue weighted by Gasteiger charge is 2.40. The SMILES string of the molecule is CC1(C)OC[C@H]([C@H](O)C2SCCCS2)O1. The molecule has 0 aromatic heterocycles. The summed E-state index contributed by atoms with van der Waals surface area (Å²) in [7, 11) is 0. The van der Waals surface area contributed by atoms with E-state index in [1.165, 1.54) is 6.42 Å². The van der Waals surface area contributed by atoms with Crippen LogP contribution in [0.5, 0.6) is 0 Å². The summed E-state index contributed by atoms with van der Waals surface area (Å²) in [6.45, 7) is 4.29. The minimum atomic E-state index is -0.532. The van der Waals surface area contributed by atoms with Crippen molar-refractivity contribution >= 4 is 23.5 Å². The quantitative estimate of drug-likeness (QED) is 0.807. The summed E-state index contributed by atoms with van der Waals surface area (Å²) in [4.78, 5) is 0. The summed E-state index contributed by atoms with van der Waals surface area (Å²) in [5.41, 5.74) is 0. The number of thioether (sulfide) groups is 2. The molecule has 0 unspecified atom stereocenters. The number of hydrogen-bond donors (Lipinski definition) is 1. The maximum Gasteiger partial charge on any atom is 0.163 e. The Kier molecular flexibility index (Phi) is 3.88. The first-order valence-corrected chi connectivity index (χ1v) is 7.41. The first-order valence-electron chi connectivity index (χ1n) is 5.31. The lowest BCUT2D eigenvalue weighted by Crippen LogP contribution is -2.38. The van der Waals surface area contributed by atoms with Crippen LogP contribution in [0.3, 0.4) is 0 Å². The molecule has 5 heteroatoms. The minimum absolute atomic E-state index is 0.164. The summed E-state index contributed by atoms with van der Waals surface area (Å²) in [6.07, 6.45) is 0.664. The molecule has 0 radical (unpaired) electrons. The van der Waals surface area contributed by atoms with Gasteiger partial charge in [0.25, 0.3) is 0 Å². The smallest absolute Gasteiger partial charge is 0.163 e. The molecule has 3 nitrogen and oxygen atoms in total. The van der Waals surface area contributed by atoms with Crippen LogP contribution in [-0.2, 0) is 9.47 Å². The zero-order chi connectivity index (χ0) is 10.9. The molecule has 2 fully saturated rings. The fourth-order valence-corrected chi connectivity index (χ4v) is 4.74. The Labute approximate surface area is 99.3 Å². The van der Waals surface area contributed by atoms with E-state index < -0.39 is 11.9 Å². The van der Waals surface area contributed by atoms with E-state index >= 15 is 0 Å². The van der Waals surface area contributed by atoms with Gasteiger partial charge in [-0.05, 0) is 31.8 Å². The highest BCUT2D eigenvalue weighted by atomic mass is 32.2. The van der Waals surface area contributed by atoms with Gasteiger partial charge in [0.05, 0.1) is 11.2 Å². The van der Waals surface area contributed by atoms with Crippen molar-refractivity contribution in [1.82, 2.24) is 0 Å². The third kappa shape index (κ3) is 3.03. The number of hydrogen-bond acceptors (Lipinski definition) is 5. The summed E-state index contributed by atoms with van der Waals surface area (Å²) in [5.74, 6) is 1.76. The monoisotopic (exact) mass is 250 g/mol. The predicted molar refractivity (Wildman–Crippen MR) is 64.2 cm³/mol. The van der Waals surface area contributed by atoms with Crippen LogP contribution in [0, 0.1) is 0 Å². The Balaban J connectivity index is 1.87. The molecule has 0 aliphatic carbocycles. The van der Waals surface area contributed by atoms with E-state index in [1.807, 2.05) is 37.4 Å². The van der Waals surface area contributed by atoms with Gasteiger partial charge in [-0.1, -0.05) is 0 Å². The van der Waals surface area contributed by atoms with E-state index in [1.54, 1.807) is 0 Å². The molecule has 0 amide bonds. The van der Waals surface area contributed by atoms with Gasteiger partial charge < -0.3 is 14.6 Å². The molecule has 2 heterocycles. The topological polar surface area (TPSA) is 38.7 Å². The van der Waals surface area contributed by atoms with E-state index in [4.69, 9.17) is 9.47 Å². The van der Waals surface area contributed by atoms with Gasteiger partial charge in [0.15, 0.2) is 5.79 Å². The average molecular weight is 250 g/mol. The molecule has 0 spiro atoms. The highest BCUT2D eigenvalue weighted by Crippen LogP contribution is 2.36. The average Bonchev–Trinajstić information content (AvgIpc) is 2.59. The summed E-state index contributed by atoms with van der Waals surface area (Å²) in [6, 6.07) is 0. The third-order valence-corrected chi connectivity index (χ3v) is 5.62. The molecular formula is C10H18O3S2. The van der Waals surface area contributed by atoms with Crippen LogP contribution in [0.15, 0.2) is 0 Å². The molecule has 1 N–H and O–H groups in total. The number of aliphatic hydroxyl groups excluding tert-OH is 1. The van der Waals surface area contributed by atoms with Crippen molar-refractivity contribution in [1.29, 1.82) is 0 Å². The second-order valence-electron chi connectivity index (χ2n) is 4.32. The maximum atomic E-state index is 10.2. The summed E-state index contributed by atoms with van der Waals surface area (Å²) in [5, 5.41) is 10.2. The molecule has 88 valence electrons. The van der Waals surface area contributed by atoms with Gasteiger partial charge in [-0.3, -0.25) is 0 Å². The van der Waals surface area contributed by atoms with E-state index in [-0.39, 0.29) is 10.7 Å². The normalized spacial score (nSPS) is 34.2. The van der Waals surface area contributed by atoms with Crippen LogP contribution in [-0.4, -0.2) is 45.8 Å². The van der Waals surface area contributed by atoms with Crippen molar-refractivity contribution in [3.05, 3.63) is 0 Å². The lowest BCUT2D eigenvalue weighted by Gasteiger charge is -2.29. The molecular weight excluding hydrogens is 232 g/mol. The second kappa shape index (κ2) is 4.84. The summed E-state index contributed by atoms with van der Waals surface area (Å²) >= 11 is 3.67. The van der Waals surface area contributed by atoms with Crippen molar-refractivity contribution in [2.75, 3.05) is 18.1 Å². The van der Waals surface area contributed by atoms with E-state index in [2.05, 4.69) is 0 Å². The van der Waals surface area contributed by atoms with Crippen LogP contribution in [0.4, 0.5) is 0 Å². The molecule has 2 aliphatic rings. The van der Waals surface area contributed by atoms with Gasteiger partial charge in [-0.2, -0.15) is 0 Å². The van der Waals surface area contributed by atoms with Crippen LogP contribution in [0.1, 0.15) is 20.3 Å². The molecule has 0 saturated carbocycles. The van der Waals surface area contributed by atoms with Crippen molar-refractivity contribution in [2.45, 2.75) is 42.8 Å². The molecule has 2 rings (SSSR count). The van der Waals surface area contributed by atoms with Gasteiger partial charge in [-0.15, -0.1) is 23.5 Å². The van der Waals surface area contributed by atoms with Gasteiger partial charge >= 0.3 is 0 Å². The first kappa shape index (κ1) is 12.0. The Hall–Kier alpha value is 0.580. The lowest BCUT2D eigenvalue weighted by molar-refractivity contribution is -0.149. The van der Waals surface area contributed by atoms with Crippen molar-refractivity contribution < 1.29 is 14.6 Å². The van der Waals surface area contributed by atoms with Crippen LogP contribution >= 0.6 is 23.5 Å². The van der Waals surface area contributed by atoms with Crippen molar-refractivity contribution in [2.24, 2.45) is 0 Å². The van der Waals surface area contributed by atoms with E-state index in [0.29, 0.717) is 6.61 Å². The molecule has 2 aliphatic heterocycles. The molecule has 2 atom stereocenters. The molecule has 0 aromatic carbocycles. The third-order valence-electron chi connectivity index (χ3n) is 2.54. The Morgan fingerprint density at radius 3 is 2.53 bits per heavy atom. The molecule has 15 heavy (non-hydrogen) atoms. The Bertz CT molecular complexity index is 217. The second-order valence-corrected chi connectivity index (χ2v) is 7.12. The maximum absolute atomic E-state index is 10.2. The van der Waals surface area contributed by atoms with Gasteiger partial charge in [0, 0.05) is 0 Å². The summed E-state index contributed by atoms with van der Waals surface area (Å²) < 4.78 is 11.4. The van der Waals surface area contributed by atoms with Crippen LogP contribution in [0.25, 0.3) is 0 Å². The number of rotatable bonds is 2. The zero-order valence-electron chi connectivity index (χ0n) is 9.14. The molecule has 2 saturated heterocycles. The molecule has 0 bridgehead atoms. The fraction of sp³-hybridized carbons (Fsp3) is 1.00. The lowest BCUT2D eigenvalue weighted by atomic mass is 10.2. The first-order chi connectivity index (χ1) is 7.08. The van der Waals surface area contributed by atoms with Crippen LogP contribution < -0.4 is 0 Å². The Morgan fingerprint density at radius 1 is 1.33 bits per heavy atom. The van der Waals surface area contributed by atoms with Crippen LogP contribution in [0.2, 0.25) is 0 Å². The van der Waals surface area contributed by atoms with Crippen molar-refractivity contribution in [3.8, 4) is 0 Å². The number of ether oxygens (including phenoxy) is 2.